The van der Waals surface area contributed by atoms with Crippen molar-refractivity contribution >= 4 is 0 Å². The standard InChI is InChI=1S/C10H22N2O/c1-9-7-12(5-3-4-6-13)8-10(2)11-9/h9-11,13H,3-8H2,1-2H3. The van der Waals surface area contributed by atoms with E-state index in [0.29, 0.717) is 18.7 Å². The molecule has 78 valence electrons. The van der Waals surface area contributed by atoms with E-state index >= 15 is 0 Å². The molecule has 0 aromatic heterocycles. The van der Waals surface area contributed by atoms with Crippen LogP contribution in [-0.4, -0.2) is 48.3 Å². The minimum atomic E-state index is 0.331. The van der Waals surface area contributed by atoms with E-state index in [9.17, 15) is 0 Å². The van der Waals surface area contributed by atoms with Crippen LogP contribution in [-0.2, 0) is 0 Å². The van der Waals surface area contributed by atoms with Crippen molar-refractivity contribution in [3.05, 3.63) is 0 Å². The number of nitrogens with zero attached hydrogens (tertiary/aromatic N) is 1. The van der Waals surface area contributed by atoms with Gasteiger partial charge in [0.25, 0.3) is 0 Å². The van der Waals surface area contributed by atoms with Gasteiger partial charge in [0.05, 0.1) is 0 Å². The van der Waals surface area contributed by atoms with Gasteiger partial charge in [-0.05, 0) is 33.2 Å². The van der Waals surface area contributed by atoms with Crippen LogP contribution in [0.3, 0.4) is 0 Å². The second kappa shape index (κ2) is 5.58. The predicted molar refractivity (Wildman–Crippen MR) is 54.8 cm³/mol. The summed E-state index contributed by atoms with van der Waals surface area (Å²) in [7, 11) is 0. The summed E-state index contributed by atoms with van der Waals surface area (Å²) in [6.07, 6.45) is 2.06. The number of hydrogen-bond donors (Lipinski definition) is 2. The van der Waals surface area contributed by atoms with Crippen LogP contribution in [0.25, 0.3) is 0 Å². The second-order valence-corrected chi connectivity index (χ2v) is 4.16. The Bertz CT molecular complexity index is 131. The molecule has 1 saturated heterocycles. The Hall–Kier alpha value is -0.120. The lowest BCUT2D eigenvalue weighted by molar-refractivity contribution is 0.166. The average Bonchev–Trinajstić information content (AvgIpc) is 2.03. The summed E-state index contributed by atoms with van der Waals surface area (Å²) < 4.78 is 0. The fourth-order valence-corrected chi connectivity index (χ4v) is 2.07. The summed E-state index contributed by atoms with van der Waals surface area (Å²) in [6, 6.07) is 1.22. The molecule has 3 heteroatoms. The smallest absolute Gasteiger partial charge is 0.0431 e. The number of rotatable bonds is 4. The Labute approximate surface area is 81.1 Å². The average molecular weight is 186 g/mol. The zero-order valence-corrected chi connectivity index (χ0v) is 8.79. The maximum Gasteiger partial charge on any atom is 0.0431 e. The van der Waals surface area contributed by atoms with E-state index < -0.39 is 0 Å². The van der Waals surface area contributed by atoms with Crippen molar-refractivity contribution in [2.45, 2.75) is 38.8 Å². The van der Waals surface area contributed by atoms with Crippen molar-refractivity contribution in [3.63, 3.8) is 0 Å². The number of piperazine rings is 1. The fourth-order valence-electron chi connectivity index (χ4n) is 2.07. The lowest BCUT2D eigenvalue weighted by Crippen LogP contribution is -2.54. The molecule has 1 fully saturated rings. The van der Waals surface area contributed by atoms with Gasteiger partial charge in [0.15, 0.2) is 0 Å². The molecule has 0 spiro atoms. The summed E-state index contributed by atoms with van der Waals surface area (Å²) in [5.41, 5.74) is 0. The van der Waals surface area contributed by atoms with Crippen molar-refractivity contribution in [2.24, 2.45) is 0 Å². The first kappa shape index (κ1) is 11.0. The molecule has 13 heavy (non-hydrogen) atoms. The first-order valence-electron chi connectivity index (χ1n) is 5.31. The Kier molecular flexibility index (Phi) is 4.70. The van der Waals surface area contributed by atoms with Crippen LogP contribution in [0.2, 0.25) is 0 Å². The topological polar surface area (TPSA) is 35.5 Å². The molecule has 2 atom stereocenters. The first-order valence-corrected chi connectivity index (χ1v) is 5.31. The van der Waals surface area contributed by atoms with Crippen LogP contribution >= 0.6 is 0 Å². The van der Waals surface area contributed by atoms with Gasteiger partial charge in [-0.2, -0.15) is 0 Å². The van der Waals surface area contributed by atoms with Crippen molar-refractivity contribution < 1.29 is 5.11 Å². The molecule has 0 aliphatic carbocycles. The molecule has 0 amide bonds. The number of unbranched alkanes of at least 4 members (excludes halogenated alkanes) is 1. The van der Waals surface area contributed by atoms with Gasteiger partial charge >= 0.3 is 0 Å². The van der Waals surface area contributed by atoms with Crippen molar-refractivity contribution in [1.29, 1.82) is 0 Å². The molecule has 0 radical (unpaired) electrons. The van der Waals surface area contributed by atoms with Crippen LogP contribution in [0.1, 0.15) is 26.7 Å². The van der Waals surface area contributed by atoms with Crippen molar-refractivity contribution in [1.82, 2.24) is 10.2 Å². The highest BCUT2D eigenvalue weighted by Crippen LogP contribution is 2.05. The molecule has 1 rings (SSSR count). The summed E-state index contributed by atoms with van der Waals surface area (Å²) in [5, 5.41) is 12.2. The highest BCUT2D eigenvalue weighted by Gasteiger charge is 2.19. The van der Waals surface area contributed by atoms with Crippen molar-refractivity contribution in [2.75, 3.05) is 26.2 Å². The molecular weight excluding hydrogens is 164 g/mol. The quantitative estimate of drug-likeness (QED) is 0.625. The zero-order chi connectivity index (χ0) is 9.68. The van der Waals surface area contributed by atoms with Crippen LogP contribution < -0.4 is 5.32 Å². The number of aliphatic hydroxyl groups excluding tert-OH is 1. The normalized spacial score (nSPS) is 30.7. The molecule has 0 bridgehead atoms. The Balaban J connectivity index is 2.17. The van der Waals surface area contributed by atoms with Crippen LogP contribution in [0.4, 0.5) is 0 Å². The van der Waals surface area contributed by atoms with E-state index in [1.54, 1.807) is 0 Å². The van der Waals surface area contributed by atoms with Crippen LogP contribution in [0, 0.1) is 0 Å². The summed E-state index contributed by atoms with van der Waals surface area (Å²) >= 11 is 0. The van der Waals surface area contributed by atoms with E-state index in [0.717, 1.165) is 32.5 Å². The molecule has 1 heterocycles. The van der Waals surface area contributed by atoms with Gasteiger partial charge in [-0.1, -0.05) is 0 Å². The molecule has 0 saturated carbocycles. The Morgan fingerprint density at radius 1 is 1.23 bits per heavy atom. The number of nitrogens with one attached hydrogen (secondary N) is 1. The summed E-state index contributed by atoms with van der Waals surface area (Å²) in [5.74, 6) is 0. The highest BCUT2D eigenvalue weighted by atomic mass is 16.2. The van der Waals surface area contributed by atoms with Gasteiger partial charge in [-0.15, -0.1) is 0 Å². The van der Waals surface area contributed by atoms with E-state index in [1.165, 1.54) is 0 Å². The maximum atomic E-state index is 8.67. The third-order valence-corrected chi connectivity index (χ3v) is 2.52. The van der Waals surface area contributed by atoms with Gasteiger partial charge < -0.3 is 15.3 Å². The summed E-state index contributed by atoms with van der Waals surface area (Å²) in [4.78, 5) is 2.49. The maximum absolute atomic E-state index is 8.67. The lowest BCUT2D eigenvalue weighted by Gasteiger charge is -2.36. The fraction of sp³-hybridized carbons (Fsp3) is 1.00. The molecule has 3 nitrogen and oxygen atoms in total. The van der Waals surface area contributed by atoms with Crippen LogP contribution in [0.5, 0.6) is 0 Å². The van der Waals surface area contributed by atoms with Gasteiger partial charge in [-0.3, -0.25) is 0 Å². The predicted octanol–water partition coefficient (Wildman–Crippen LogP) is 0.441. The van der Waals surface area contributed by atoms with Crippen molar-refractivity contribution in [3.8, 4) is 0 Å². The lowest BCUT2D eigenvalue weighted by atomic mass is 10.1. The van der Waals surface area contributed by atoms with E-state index in [-0.39, 0.29) is 0 Å². The SMILES string of the molecule is CC1CN(CCCCO)CC(C)N1. The second-order valence-electron chi connectivity index (χ2n) is 4.16. The molecule has 1 aliphatic heterocycles. The summed E-state index contributed by atoms with van der Waals surface area (Å²) in [6.45, 7) is 8.23. The Morgan fingerprint density at radius 3 is 2.38 bits per heavy atom. The number of aliphatic hydroxyl groups is 1. The number of hydrogen-bond acceptors (Lipinski definition) is 3. The minimum absolute atomic E-state index is 0.331. The van der Waals surface area contributed by atoms with E-state index in [1.807, 2.05) is 0 Å². The molecule has 0 aromatic rings. The Morgan fingerprint density at radius 2 is 1.85 bits per heavy atom. The van der Waals surface area contributed by atoms with E-state index in [4.69, 9.17) is 5.11 Å². The zero-order valence-electron chi connectivity index (χ0n) is 8.79. The van der Waals surface area contributed by atoms with Gasteiger partial charge in [0, 0.05) is 31.8 Å². The molecule has 1 aliphatic rings. The highest BCUT2D eigenvalue weighted by molar-refractivity contribution is 4.80. The third-order valence-electron chi connectivity index (χ3n) is 2.52. The van der Waals surface area contributed by atoms with Gasteiger partial charge in [-0.25, -0.2) is 0 Å². The van der Waals surface area contributed by atoms with Gasteiger partial charge in [0.1, 0.15) is 0 Å². The minimum Gasteiger partial charge on any atom is -0.396 e. The van der Waals surface area contributed by atoms with Gasteiger partial charge in [0.2, 0.25) is 0 Å². The van der Waals surface area contributed by atoms with E-state index in [2.05, 4.69) is 24.1 Å². The molecule has 2 N–H and O–H groups in total. The largest absolute Gasteiger partial charge is 0.396 e. The monoisotopic (exact) mass is 186 g/mol. The third kappa shape index (κ3) is 4.07. The molecular formula is C10H22N2O. The first-order chi connectivity index (χ1) is 6.22. The molecule has 2 unspecified atom stereocenters. The van der Waals surface area contributed by atoms with Crippen LogP contribution in [0.15, 0.2) is 0 Å². The molecule has 0 aromatic carbocycles.